The summed E-state index contributed by atoms with van der Waals surface area (Å²) in [6.07, 6.45) is 4.11. The van der Waals surface area contributed by atoms with Crippen molar-refractivity contribution in [3.8, 4) is 0 Å². The highest BCUT2D eigenvalue weighted by molar-refractivity contribution is 7.19. The number of aromatic nitrogens is 3. The lowest BCUT2D eigenvalue weighted by Crippen LogP contribution is -2.29. The van der Waals surface area contributed by atoms with Crippen LogP contribution in [0.2, 0.25) is 5.15 Å². The molecule has 4 aromatic rings. The number of thiophene rings is 1. The molecule has 4 aromatic heterocycles. The van der Waals surface area contributed by atoms with E-state index in [1.54, 1.807) is 36.8 Å². The molecule has 0 radical (unpaired) electrons. The van der Waals surface area contributed by atoms with Gasteiger partial charge in [-0.2, -0.15) is 0 Å². The topological polar surface area (TPSA) is 100 Å². The number of likely N-dealkylation sites (N-methyl/N-ethyl adjacent to an activating group) is 1. The predicted octanol–water partition coefficient (Wildman–Crippen LogP) is 3.45. The number of carbonyl (C=O) groups is 1. The number of aliphatic hydroxyl groups excluding tert-OH is 1. The zero-order valence-corrected chi connectivity index (χ0v) is 21.2. The number of fused-ring (bicyclic) bond motifs is 1. The van der Waals surface area contributed by atoms with Crippen molar-refractivity contribution < 1.29 is 9.90 Å². The molecule has 1 atom stereocenters. The van der Waals surface area contributed by atoms with Gasteiger partial charge in [-0.3, -0.25) is 19.5 Å². The summed E-state index contributed by atoms with van der Waals surface area (Å²) in [5.74, 6) is -0.439. The molecule has 0 saturated heterocycles. The lowest BCUT2D eigenvalue weighted by Gasteiger charge is -2.20. The largest absolute Gasteiger partial charge is 0.385 e. The number of hydrogen-bond acceptors (Lipinski definition) is 7. The Bertz CT molecular complexity index is 1400. The molecule has 2 N–H and O–H groups in total. The molecule has 10 heteroatoms. The first kappa shape index (κ1) is 25.0. The highest BCUT2D eigenvalue weighted by Crippen LogP contribution is 2.30. The quantitative estimate of drug-likeness (QED) is 0.351. The van der Waals surface area contributed by atoms with Crippen molar-refractivity contribution in [1.29, 1.82) is 0 Å². The van der Waals surface area contributed by atoms with Gasteiger partial charge in [0.15, 0.2) is 0 Å². The minimum Gasteiger partial charge on any atom is -0.385 e. The van der Waals surface area contributed by atoms with Gasteiger partial charge in [-0.05, 0) is 43.3 Å². The van der Waals surface area contributed by atoms with Gasteiger partial charge in [0.05, 0.1) is 15.9 Å². The van der Waals surface area contributed by atoms with Crippen LogP contribution in [0.5, 0.6) is 0 Å². The molecule has 0 fully saturated rings. The number of nitrogens with one attached hydrogen (secondary N) is 1. The van der Waals surface area contributed by atoms with Gasteiger partial charge in [-0.25, -0.2) is 4.98 Å². The van der Waals surface area contributed by atoms with E-state index in [1.807, 2.05) is 42.6 Å². The number of rotatable bonds is 8. The Morgan fingerprint density at radius 3 is 2.77 bits per heavy atom. The van der Waals surface area contributed by atoms with Crippen LogP contribution < -0.4 is 10.7 Å². The summed E-state index contributed by atoms with van der Waals surface area (Å²) < 4.78 is 2.37. The molecule has 0 aliphatic carbocycles. The van der Waals surface area contributed by atoms with E-state index in [4.69, 9.17) is 11.6 Å². The maximum absolute atomic E-state index is 13.2. The highest BCUT2D eigenvalue weighted by atomic mass is 35.5. The SMILES string of the molecule is Cc1c(CN(C)CC(O)c2ccccn2)sc2c(=O)c(C(=O)NCc3ccc(Cl)nc3)cn(C)c12. The van der Waals surface area contributed by atoms with E-state index in [-0.39, 0.29) is 17.5 Å². The molecule has 1 amide bonds. The molecule has 0 aliphatic rings. The van der Waals surface area contributed by atoms with E-state index in [0.717, 1.165) is 21.5 Å². The first-order chi connectivity index (χ1) is 16.7. The standard InChI is InChI=1S/C25H26ClN5O3S/c1-15-20(14-30(2)13-19(32)18-6-4-5-9-27-18)35-24-22(15)31(3)12-17(23(24)33)25(34)29-11-16-7-8-21(26)28-10-16/h4-10,12,19,32H,11,13-14H2,1-3H3,(H,29,34). The number of carbonyl (C=O) groups excluding carboxylic acids is 1. The monoisotopic (exact) mass is 511 g/mol. The van der Waals surface area contributed by atoms with Crippen LogP contribution in [-0.4, -0.2) is 44.0 Å². The molecule has 35 heavy (non-hydrogen) atoms. The minimum absolute atomic E-state index is 0.0913. The van der Waals surface area contributed by atoms with E-state index in [1.165, 1.54) is 11.3 Å². The van der Waals surface area contributed by atoms with Crippen molar-refractivity contribution in [2.24, 2.45) is 7.05 Å². The maximum atomic E-state index is 13.2. The molecule has 0 aromatic carbocycles. The Morgan fingerprint density at radius 2 is 2.09 bits per heavy atom. The maximum Gasteiger partial charge on any atom is 0.257 e. The normalized spacial score (nSPS) is 12.3. The Kier molecular flexibility index (Phi) is 7.61. The fourth-order valence-electron chi connectivity index (χ4n) is 3.94. The van der Waals surface area contributed by atoms with Crippen LogP contribution in [0.4, 0.5) is 0 Å². The van der Waals surface area contributed by atoms with Gasteiger partial charge < -0.3 is 15.0 Å². The lowest BCUT2D eigenvalue weighted by atomic mass is 10.1. The molecule has 0 spiro atoms. The van der Waals surface area contributed by atoms with Crippen molar-refractivity contribution in [2.45, 2.75) is 26.1 Å². The van der Waals surface area contributed by atoms with E-state index in [0.29, 0.717) is 28.6 Å². The van der Waals surface area contributed by atoms with Gasteiger partial charge in [-0.1, -0.05) is 23.7 Å². The fourth-order valence-corrected chi connectivity index (χ4v) is 5.43. The van der Waals surface area contributed by atoms with Crippen molar-refractivity contribution in [3.05, 3.63) is 91.6 Å². The first-order valence-electron chi connectivity index (χ1n) is 11.0. The summed E-state index contributed by atoms with van der Waals surface area (Å²) in [6.45, 7) is 3.17. The Balaban J connectivity index is 1.53. The number of aliphatic hydroxyl groups is 1. The summed E-state index contributed by atoms with van der Waals surface area (Å²) >= 11 is 7.19. The summed E-state index contributed by atoms with van der Waals surface area (Å²) in [7, 11) is 3.75. The number of nitrogens with zero attached hydrogens (tertiary/aromatic N) is 4. The van der Waals surface area contributed by atoms with Crippen LogP contribution in [-0.2, 0) is 20.1 Å². The second-order valence-electron chi connectivity index (χ2n) is 8.45. The molecule has 182 valence electrons. The van der Waals surface area contributed by atoms with E-state index in [2.05, 4.69) is 15.3 Å². The van der Waals surface area contributed by atoms with Gasteiger partial charge >= 0.3 is 0 Å². The van der Waals surface area contributed by atoms with Crippen molar-refractivity contribution in [1.82, 2.24) is 24.8 Å². The van der Waals surface area contributed by atoms with Crippen LogP contribution in [0.1, 0.15) is 38.2 Å². The Morgan fingerprint density at radius 1 is 1.29 bits per heavy atom. The number of pyridine rings is 3. The smallest absolute Gasteiger partial charge is 0.257 e. The number of aryl methyl sites for hydroxylation is 2. The van der Waals surface area contributed by atoms with Crippen molar-refractivity contribution in [3.63, 3.8) is 0 Å². The summed E-state index contributed by atoms with van der Waals surface area (Å²) in [5, 5.41) is 13.7. The van der Waals surface area contributed by atoms with E-state index in [9.17, 15) is 14.7 Å². The molecular formula is C25H26ClN5O3S. The van der Waals surface area contributed by atoms with Crippen molar-refractivity contribution in [2.75, 3.05) is 13.6 Å². The van der Waals surface area contributed by atoms with E-state index >= 15 is 0 Å². The average molecular weight is 512 g/mol. The Hall–Kier alpha value is -3.11. The van der Waals surface area contributed by atoms with E-state index < -0.39 is 12.0 Å². The molecule has 4 heterocycles. The van der Waals surface area contributed by atoms with Crippen LogP contribution in [0.25, 0.3) is 10.2 Å². The number of hydrogen-bond donors (Lipinski definition) is 2. The van der Waals surface area contributed by atoms with Crippen LogP contribution >= 0.6 is 22.9 Å². The zero-order chi connectivity index (χ0) is 25.1. The summed E-state index contributed by atoms with van der Waals surface area (Å²) in [4.78, 5) is 37.3. The predicted molar refractivity (Wildman–Crippen MR) is 138 cm³/mol. The van der Waals surface area contributed by atoms with Gasteiger partial charge in [0.2, 0.25) is 5.43 Å². The van der Waals surface area contributed by atoms with Crippen molar-refractivity contribution >= 4 is 39.1 Å². The fraction of sp³-hybridized carbons (Fsp3) is 0.280. The second kappa shape index (κ2) is 10.7. The first-order valence-corrected chi connectivity index (χ1v) is 12.2. The van der Waals surface area contributed by atoms with Crippen LogP contribution in [0.15, 0.2) is 53.7 Å². The van der Waals surface area contributed by atoms with Gasteiger partial charge in [0, 0.05) is 50.1 Å². The molecule has 8 nitrogen and oxygen atoms in total. The third kappa shape index (κ3) is 5.59. The zero-order valence-electron chi connectivity index (χ0n) is 19.7. The number of amides is 1. The lowest BCUT2D eigenvalue weighted by molar-refractivity contribution is 0.0949. The van der Waals surface area contributed by atoms with Crippen LogP contribution in [0, 0.1) is 6.92 Å². The highest BCUT2D eigenvalue weighted by Gasteiger charge is 2.21. The third-order valence-corrected chi connectivity index (χ3v) is 7.24. The molecule has 0 aliphatic heterocycles. The Labute approximate surface area is 211 Å². The summed E-state index contributed by atoms with van der Waals surface area (Å²) in [5.41, 5.74) is 3.00. The summed E-state index contributed by atoms with van der Waals surface area (Å²) in [6, 6.07) is 8.87. The molecular weight excluding hydrogens is 486 g/mol. The third-order valence-electron chi connectivity index (χ3n) is 5.75. The molecule has 0 saturated carbocycles. The molecule has 4 rings (SSSR count). The minimum atomic E-state index is -0.715. The number of halogens is 1. The van der Waals surface area contributed by atoms with Gasteiger partial charge in [0.25, 0.3) is 5.91 Å². The second-order valence-corrected chi connectivity index (χ2v) is 9.94. The van der Waals surface area contributed by atoms with Crippen LogP contribution in [0.3, 0.4) is 0 Å². The van der Waals surface area contributed by atoms with Gasteiger partial charge in [0.1, 0.15) is 16.8 Å². The molecule has 0 bridgehead atoms. The average Bonchev–Trinajstić information content (AvgIpc) is 3.17. The molecule has 1 unspecified atom stereocenters. The van der Waals surface area contributed by atoms with Gasteiger partial charge in [-0.15, -0.1) is 11.3 Å².